The van der Waals surface area contributed by atoms with Crippen LogP contribution in [0.5, 0.6) is 0 Å². The number of anilines is 2. The van der Waals surface area contributed by atoms with Crippen LogP contribution in [0, 0.1) is 0 Å². The van der Waals surface area contributed by atoms with E-state index >= 15 is 0 Å². The second kappa shape index (κ2) is 8.60. The first-order valence-corrected chi connectivity index (χ1v) is 12.8. The molecule has 4 aliphatic rings. The zero-order valence-electron chi connectivity index (χ0n) is 19.5. The SMILES string of the molecule is O=C1N=C2CCCCN2C12CCN(CCCN1c3ccccc3CCc3ccccc31)CC2. The fourth-order valence-corrected chi connectivity index (χ4v) is 6.42. The van der Waals surface area contributed by atoms with Crippen molar-refractivity contribution < 1.29 is 4.79 Å². The third kappa shape index (κ3) is 3.67. The van der Waals surface area contributed by atoms with Crippen LogP contribution in [0.2, 0.25) is 0 Å². The molecule has 6 rings (SSSR count). The van der Waals surface area contributed by atoms with Gasteiger partial charge in [-0.1, -0.05) is 36.4 Å². The second-order valence-electron chi connectivity index (χ2n) is 10.1. The first-order chi connectivity index (χ1) is 16.2. The topological polar surface area (TPSA) is 39.2 Å². The van der Waals surface area contributed by atoms with E-state index < -0.39 is 0 Å². The lowest BCUT2D eigenvalue weighted by Crippen LogP contribution is -2.58. The molecule has 5 heteroatoms. The first-order valence-electron chi connectivity index (χ1n) is 12.8. The van der Waals surface area contributed by atoms with Gasteiger partial charge >= 0.3 is 0 Å². The molecule has 172 valence electrons. The van der Waals surface area contributed by atoms with Crippen LogP contribution < -0.4 is 4.90 Å². The Balaban J connectivity index is 1.11. The molecule has 33 heavy (non-hydrogen) atoms. The second-order valence-corrected chi connectivity index (χ2v) is 10.1. The van der Waals surface area contributed by atoms with E-state index in [-0.39, 0.29) is 11.4 Å². The molecule has 0 saturated carbocycles. The maximum absolute atomic E-state index is 12.9. The summed E-state index contributed by atoms with van der Waals surface area (Å²) in [6, 6.07) is 17.8. The fourth-order valence-electron chi connectivity index (χ4n) is 6.42. The number of amides is 1. The van der Waals surface area contributed by atoms with E-state index in [1.807, 2.05) is 0 Å². The van der Waals surface area contributed by atoms with Crippen molar-refractivity contribution in [2.24, 2.45) is 4.99 Å². The smallest absolute Gasteiger partial charge is 0.273 e. The van der Waals surface area contributed by atoms with Gasteiger partial charge in [0.25, 0.3) is 5.91 Å². The molecule has 1 amide bonds. The van der Waals surface area contributed by atoms with Gasteiger partial charge < -0.3 is 14.7 Å². The normalized spacial score (nSPS) is 21.9. The minimum atomic E-state index is -0.324. The summed E-state index contributed by atoms with van der Waals surface area (Å²) in [4.78, 5) is 24.8. The monoisotopic (exact) mass is 442 g/mol. The third-order valence-corrected chi connectivity index (χ3v) is 8.26. The number of hydrogen-bond acceptors (Lipinski definition) is 4. The molecule has 2 aromatic rings. The average Bonchev–Trinajstić information content (AvgIpc) is 3.02. The lowest BCUT2D eigenvalue weighted by molar-refractivity contribution is -0.128. The molecule has 0 bridgehead atoms. The number of piperidine rings is 2. The van der Waals surface area contributed by atoms with Gasteiger partial charge in [-0.15, -0.1) is 0 Å². The van der Waals surface area contributed by atoms with E-state index in [0.29, 0.717) is 0 Å². The molecule has 4 heterocycles. The Morgan fingerprint density at radius 1 is 0.788 bits per heavy atom. The van der Waals surface area contributed by atoms with Gasteiger partial charge in [-0.2, -0.15) is 4.99 Å². The highest BCUT2D eigenvalue weighted by molar-refractivity contribution is 6.06. The van der Waals surface area contributed by atoms with Gasteiger partial charge in [0.1, 0.15) is 11.4 Å². The van der Waals surface area contributed by atoms with E-state index in [9.17, 15) is 4.79 Å². The number of fused-ring (bicyclic) bond motifs is 4. The highest BCUT2D eigenvalue weighted by Gasteiger charge is 2.51. The number of amidine groups is 1. The van der Waals surface area contributed by atoms with E-state index in [0.717, 1.165) is 77.1 Å². The van der Waals surface area contributed by atoms with E-state index in [1.165, 1.54) is 35.3 Å². The van der Waals surface area contributed by atoms with Crippen LogP contribution in [0.15, 0.2) is 53.5 Å². The zero-order chi connectivity index (χ0) is 22.3. The minimum Gasteiger partial charge on any atom is -0.345 e. The summed E-state index contributed by atoms with van der Waals surface area (Å²) < 4.78 is 0. The Labute approximate surface area is 197 Å². The summed E-state index contributed by atoms with van der Waals surface area (Å²) in [6.07, 6.45) is 8.52. The van der Waals surface area contributed by atoms with E-state index in [4.69, 9.17) is 0 Å². The van der Waals surface area contributed by atoms with E-state index in [1.54, 1.807) is 0 Å². The standard InChI is InChI=1S/C28H34N4O/c33-27-28(32-19-6-5-12-26(32)29-27)15-20-30(21-16-28)17-7-18-31-24-10-3-1-8-22(24)13-14-23-9-2-4-11-25(23)31/h1-4,8-11H,5-7,12-21H2. The predicted octanol–water partition coefficient (Wildman–Crippen LogP) is 4.57. The Morgan fingerprint density at radius 3 is 2.15 bits per heavy atom. The maximum Gasteiger partial charge on any atom is 0.273 e. The molecule has 0 aliphatic carbocycles. The van der Waals surface area contributed by atoms with Crippen molar-refractivity contribution in [2.45, 2.75) is 56.9 Å². The summed E-state index contributed by atoms with van der Waals surface area (Å²) in [5, 5.41) is 0. The number of rotatable bonds is 4. The Kier molecular flexibility index (Phi) is 5.45. The van der Waals surface area contributed by atoms with Gasteiger partial charge in [0, 0.05) is 44.0 Å². The number of aryl methyl sites for hydroxylation is 2. The van der Waals surface area contributed by atoms with Crippen LogP contribution in [0.25, 0.3) is 0 Å². The Bertz CT molecular complexity index is 1020. The summed E-state index contributed by atoms with van der Waals surface area (Å²) in [5.74, 6) is 1.20. The van der Waals surface area contributed by atoms with Gasteiger partial charge in [0.15, 0.2) is 0 Å². The van der Waals surface area contributed by atoms with Crippen LogP contribution in [-0.4, -0.2) is 59.8 Å². The van der Waals surface area contributed by atoms with Crippen LogP contribution >= 0.6 is 0 Å². The molecule has 5 nitrogen and oxygen atoms in total. The number of hydrogen-bond donors (Lipinski definition) is 0. The molecule has 0 unspecified atom stereocenters. The van der Waals surface area contributed by atoms with Gasteiger partial charge in [0.2, 0.25) is 0 Å². The molecule has 2 fully saturated rings. The highest BCUT2D eigenvalue weighted by Crippen LogP contribution is 2.39. The fraction of sp³-hybridized carbons (Fsp3) is 0.500. The Hall–Kier alpha value is -2.66. The van der Waals surface area contributed by atoms with Crippen molar-refractivity contribution in [3.8, 4) is 0 Å². The lowest BCUT2D eigenvalue weighted by Gasteiger charge is -2.45. The maximum atomic E-state index is 12.9. The van der Waals surface area contributed by atoms with Crippen molar-refractivity contribution >= 4 is 23.1 Å². The van der Waals surface area contributed by atoms with Crippen LogP contribution in [0.1, 0.15) is 49.7 Å². The Morgan fingerprint density at radius 2 is 1.45 bits per heavy atom. The number of para-hydroxylation sites is 2. The summed E-state index contributed by atoms with van der Waals surface area (Å²) in [7, 11) is 0. The van der Waals surface area contributed by atoms with Crippen LogP contribution in [0.4, 0.5) is 11.4 Å². The van der Waals surface area contributed by atoms with Crippen molar-refractivity contribution in [2.75, 3.05) is 37.6 Å². The molecule has 4 aliphatic heterocycles. The van der Waals surface area contributed by atoms with Crippen molar-refractivity contribution in [1.82, 2.24) is 9.80 Å². The van der Waals surface area contributed by atoms with Crippen molar-refractivity contribution in [1.29, 1.82) is 0 Å². The molecule has 0 radical (unpaired) electrons. The van der Waals surface area contributed by atoms with Crippen molar-refractivity contribution in [3.05, 3.63) is 59.7 Å². The molecule has 0 atom stereocenters. The van der Waals surface area contributed by atoms with Crippen LogP contribution in [-0.2, 0) is 17.6 Å². The summed E-state index contributed by atoms with van der Waals surface area (Å²) in [5.41, 5.74) is 5.31. The molecular formula is C28H34N4O. The van der Waals surface area contributed by atoms with E-state index in [2.05, 4.69) is 68.2 Å². The zero-order valence-corrected chi connectivity index (χ0v) is 19.5. The third-order valence-electron chi connectivity index (χ3n) is 8.26. The molecule has 0 aromatic heterocycles. The summed E-state index contributed by atoms with van der Waals surface area (Å²) >= 11 is 0. The summed E-state index contributed by atoms with van der Waals surface area (Å²) in [6.45, 7) is 5.11. The highest BCUT2D eigenvalue weighted by atomic mass is 16.2. The number of likely N-dealkylation sites (tertiary alicyclic amines) is 1. The van der Waals surface area contributed by atoms with Gasteiger partial charge in [-0.3, -0.25) is 4.79 Å². The largest absolute Gasteiger partial charge is 0.345 e. The number of nitrogens with zero attached hydrogens (tertiary/aromatic N) is 4. The van der Waals surface area contributed by atoms with Gasteiger partial charge in [-0.25, -0.2) is 0 Å². The van der Waals surface area contributed by atoms with Crippen molar-refractivity contribution in [3.63, 3.8) is 0 Å². The predicted molar refractivity (Wildman–Crippen MR) is 133 cm³/mol. The van der Waals surface area contributed by atoms with Crippen LogP contribution in [0.3, 0.4) is 0 Å². The number of benzene rings is 2. The lowest BCUT2D eigenvalue weighted by atomic mass is 9.84. The number of carbonyl (C=O) groups is 1. The van der Waals surface area contributed by atoms with Gasteiger partial charge in [0.05, 0.1) is 0 Å². The molecule has 1 spiro atoms. The quantitative estimate of drug-likeness (QED) is 0.695. The molecule has 0 N–H and O–H groups in total. The van der Waals surface area contributed by atoms with Gasteiger partial charge in [-0.05, 0) is 74.8 Å². The minimum absolute atomic E-state index is 0.136. The molecular weight excluding hydrogens is 408 g/mol. The molecule has 2 saturated heterocycles. The number of aliphatic imine (C=N–C) groups is 1. The molecule has 2 aromatic carbocycles. The average molecular weight is 443 g/mol. The first kappa shape index (κ1) is 20.9. The number of carbonyl (C=O) groups excluding carboxylic acids is 1.